The van der Waals surface area contributed by atoms with Crippen molar-refractivity contribution in [2.75, 3.05) is 0 Å². The lowest BCUT2D eigenvalue weighted by Gasteiger charge is -2.05. The van der Waals surface area contributed by atoms with Crippen molar-refractivity contribution in [3.63, 3.8) is 0 Å². The van der Waals surface area contributed by atoms with Crippen molar-refractivity contribution in [2.24, 2.45) is 7.05 Å². The molecule has 0 saturated heterocycles. The Morgan fingerprint density at radius 3 is 2.23 bits per heavy atom. The van der Waals surface area contributed by atoms with Crippen molar-refractivity contribution in [3.8, 4) is 0 Å². The van der Waals surface area contributed by atoms with E-state index in [1.54, 1.807) is 12.1 Å². The molecule has 3 aromatic carbocycles. The number of aryl methyl sites for hydroxylation is 3. The van der Waals surface area contributed by atoms with Gasteiger partial charge >= 0.3 is 0 Å². The van der Waals surface area contributed by atoms with Gasteiger partial charge in [0.25, 0.3) is 0 Å². The molecular formula is C20H19NO3S2. The maximum absolute atomic E-state index is 10.4. The summed E-state index contributed by atoms with van der Waals surface area (Å²) in [6, 6.07) is 18.8. The summed E-state index contributed by atoms with van der Waals surface area (Å²) in [6.45, 7) is 3.99. The number of aromatic nitrogens is 1. The molecule has 0 N–H and O–H groups in total. The van der Waals surface area contributed by atoms with E-state index in [1.807, 2.05) is 18.3 Å². The molecule has 4 aromatic rings. The van der Waals surface area contributed by atoms with Crippen LogP contribution in [0.1, 0.15) is 10.6 Å². The second-order valence-corrected chi connectivity index (χ2v) is 8.67. The Bertz CT molecular complexity index is 1180. The first kappa shape index (κ1) is 18.5. The number of rotatable bonds is 1. The van der Waals surface area contributed by atoms with Gasteiger partial charge in [-0.05, 0) is 30.5 Å². The van der Waals surface area contributed by atoms with Crippen LogP contribution in [0.5, 0.6) is 0 Å². The van der Waals surface area contributed by atoms with Crippen LogP contribution in [0.4, 0.5) is 0 Å². The second-order valence-electron chi connectivity index (χ2n) is 6.08. The molecule has 0 aliphatic heterocycles. The van der Waals surface area contributed by atoms with Crippen LogP contribution < -0.4 is 4.57 Å². The van der Waals surface area contributed by atoms with E-state index in [-0.39, 0.29) is 4.90 Å². The summed E-state index contributed by atoms with van der Waals surface area (Å²) in [5.41, 5.74) is 2.26. The quantitative estimate of drug-likeness (QED) is 0.366. The molecule has 4 rings (SSSR count). The molecule has 0 fully saturated rings. The van der Waals surface area contributed by atoms with Gasteiger partial charge in [0.05, 0.1) is 4.90 Å². The van der Waals surface area contributed by atoms with E-state index in [9.17, 15) is 13.0 Å². The lowest BCUT2D eigenvalue weighted by molar-refractivity contribution is -0.646. The Balaban J connectivity index is 0.000000160. The van der Waals surface area contributed by atoms with E-state index in [0.29, 0.717) is 0 Å². The van der Waals surface area contributed by atoms with E-state index < -0.39 is 10.1 Å². The van der Waals surface area contributed by atoms with Crippen LogP contribution in [0.25, 0.3) is 21.0 Å². The van der Waals surface area contributed by atoms with Gasteiger partial charge in [0.2, 0.25) is 10.5 Å². The number of fused-ring (bicyclic) bond motifs is 3. The lowest BCUT2D eigenvalue weighted by Crippen LogP contribution is -2.28. The Morgan fingerprint density at radius 1 is 0.923 bits per heavy atom. The molecule has 6 heteroatoms. The summed E-state index contributed by atoms with van der Waals surface area (Å²) < 4.78 is 34.8. The molecule has 134 valence electrons. The van der Waals surface area contributed by atoms with Crippen molar-refractivity contribution in [3.05, 3.63) is 71.2 Å². The molecule has 26 heavy (non-hydrogen) atoms. The SMILES string of the molecule is Cc1ccc(S(=O)(=O)[O-])cc1.Cc1sc2c3ccccc3ccc2[n+]1C. The topological polar surface area (TPSA) is 61.1 Å². The zero-order chi connectivity index (χ0) is 18.9. The fourth-order valence-corrected chi connectivity index (χ4v) is 4.30. The molecule has 0 amide bonds. The highest BCUT2D eigenvalue weighted by atomic mass is 32.2. The minimum absolute atomic E-state index is 0.178. The van der Waals surface area contributed by atoms with Crippen molar-refractivity contribution in [2.45, 2.75) is 18.7 Å². The highest BCUT2D eigenvalue weighted by Gasteiger charge is 2.14. The third-order valence-electron chi connectivity index (χ3n) is 4.25. The number of thiazole rings is 1. The van der Waals surface area contributed by atoms with E-state index in [2.05, 4.69) is 54.9 Å². The largest absolute Gasteiger partial charge is 0.744 e. The van der Waals surface area contributed by atoms with E-state index in [0.717, 1.165) is 5.56 Å². The van der Waals surface area contributed by atoms with Gasteiger partial charge in [0, 0.05) is 18.4 Å². The van der Waals surface area contributed by atoms with Gasteiger partial charge in [-0.2, -0.15) is 4.57 Å². The molecule has 1 heterocycles. The van der Waals surface area contributed by atoms with Gasteiger partial charge in [-0.15, -0.1) is 0 Å². The van der Waals surface area contributed by atoms with E-state index in [1.165, 1.54) is 38.1 Å². The maximum atomic E-state index is 10.4. The Hall–Kier alpha value is -2.28. The molecule has 0 spiro atoms. The predicted octanol–water partition coefficient (Wildman–Crippen LogP) is 4.09. The minimum Gasteiger partial charge on any atom is -0.744 e. The van der Waals surface area contributed by atoms with Gasteiger partial charge in [-0.3, -0.25) is 0 Å². The highest BCUT2D eigenvalue weighted by molar-refractivity contribution is 7.85. The van der Waals surface area contributed by atoms with Gasteiger partial charge in [0.1, 0.15) is 21.9 Å². The van der Waals surface area contributed by atoms with Crippen LogP contribution in [0.2, 0.25) is 0 Å². The first-order valence-electron chi connectivity index (χ1n) is 8.07. The zero-order valence-electron chi connectivity index (χ0n) is 14.8. The third-order valence-corrected chi connectivity index (χ3v) is 6.30. The molecule has 0 aliphatic rings. The average molecular weight is 386 g/mol. The Morgan fingerprint density at radius 2 is 1.58 bits per heavy atom. The van der Waals surface area contributed by atoms with Crippen molar-refractivity contribution in [1.82, 2.24) is 0 Å². The van der Waals surface area contributed by atoms with Gasteiger partial charge in [-0.1, -0.05) is 53.3 Å². The first-order chi connectivity index (χ1) is 12.3. The number of benzene rings is 3. The van der Waals surface area contributed by atoms with Crippen LogP contribution >= 0.6 is 11.3 Å². The molecule has 0 radical (unpaired) electrons. The first-order valence-corrected chi connectivity index (χ1v) is 10.3. The normalized spacial score (nSPS) is 11.4. The number of nitrogens with zero attached hydrogens (tertiary/aromatic N) is 1. The molecule has 0 atom stereocenters. The van der Waals surface area contributed by atoms with Crippen LogP contribution in [-0.2, 0) is 17.2 Å². The molecule has 0 aliphatic carbocycles. The standard InChI is InChI=1S/C13H12NS.C7H8O3S/c1-9-14(2)12-8-7-10-5-3-4-6-11(10)13(12)15-9;1-6-2-4-7(5-3-6)11(8,9)10/h3-8H,1-2H3;2-5H,1H3,(H,8,9,10)/q+1;/p-1. The Kier molecular flexibility index (Phi) is 5.09. The van der Waals surface area contributed by atoms with Crippen molar-refractivity contribution < 1.29 is 17.5 Å². The lowest BCUT2D eigenvalue weighted by atomic mass is 10.1. The summed E-state index contributed by atoms with van der Waals surface area (Å²) in [6.07, 6.45) is 0. The number of hydrogen-bond acceptors (Lipinski definition) is 4. The molecule has 0 unspecified atom stereocenters. The fourth-order valence-electron chi connectivity index (χ4n) is 2.69. The van der Waals surface area contributed by atoms with E-state index >= 15 is 0 Å². The highest BCUT2D eigenvalue weighted by Crippen LogP contribution is 2.28. The molecule has 4 nitrogen and oxygen atoms in total. The smallest absolute Gasteiger partial charge is 0.234 e. The van der Waals surface area contributed by atoms with Gasteiger partial charge < -0.3 is 4.55 Å². The Labute approximate surface area is 157 Å². The van der Waals surface area contributed by atoms with Crippen LogP contribution in [0.3, 0.4) is 0 Å². The summed E-state index contributed by atoms with van der Waals surface area (Å²) in [5.74, 6) is 0. The van der Waals surface area contributed by atoms with Crippen LogP contribution in [-0.4, -0.2) is 13.0 Å². The second kappa shape index (κ2) is 7.15. The van der Waals surface area contributed by atoms with E-state index in [4.69, 9.17) is 0 Å². The molecule has 0 saturated carbocycles. The van der Waals surface area contributed by atoms with Gasteiger partial charge in [-0.25, -0.2) is 8.42 Å². The summed E-state index contributed by atoms with van der Waals surface area (Å²) in [5, 5.41) is 4.04. The number of hydrogen-bond donors (Lipinski definition) is 0. The summed E-state index contributed by atoms with van der Waals surface area (Å²) in [7, 11) is -2.14. The van der Waals surface area contributed by atoms with Crippen LogP contribution in [0, 0.1) is 13.8 Å². The van der Waals surface area contributed by atoms with Crippen molar-refractivity contribution >= 4 is 42.4 Å². The van der Waals surface area contributed by atoms with Gasteiger partial charge in [0.15, 0.2) is 0 Å². The average Bonchev–Trinajstić information content (AvgIpc) is 2.90. The monoisotopic (exact) mass is 385 g/mol. The molecule has 1 aromatic heterocycles. The third kappa shape index (κ3) is 3.77. The fraction of sp³-hybridized carbons (Fsp3) is 0.150. The van der Waals surface area contributed by atoms with Crippen LogP contribution in [0.15, 0.2) is 65.6 Å². The minimum atomic E-state index is -4.27. The zero-order valence-corrected chi connectivity index (χ0v) is 16.4. The summed E-state index contributed by atoms with van der Waals surface area (Å²) >= 11 is 1.87. The molecular weight excluding hydrogens is 366 g/mol. The predicted molar refractivity (Wildman–Crippen MR) is 104 cm³/mol. The summed E-state index contributed by atoms with van der Waals surface area (Å²) in [4.78, 5) is -0.178. The van der Waals surface area contributed by atoms with Crippen molar-refractivity contribution in [1.29, 1.82) is 0 Å². The molecule has 0 bridgehead atoms. The maximum Gasteiger partial charge on any atom is 0.234 e.